The lowest BCUT2D eigenvalue weighted by Gasteiger charge is -2.07. The van der Waals surface area contributed by atoms with E-state index in [1.165, 1.54) is 0 Å². The van der Waals surface area contributed by atoms with Crippen LogP contribution in [0.3, 0.4) is 0 Å². The van der Waals surface area contributed by atoms with Gasteiger partial charge in [-0.05, 0) is 25.6 Å². The van der Waals surface area contributed by atoms with Crippen LogP contribution in [0.1, 0.15) is 13.8 Å². The standard InChI is InChI=1S/C14H18N4OS/c1-3-16-10(8-15)9-20-14-17-12-6-5-11(19-4-2)7-13(12)18-14/h5-7,10,16H,3-4,9H2,1-2H3,(H,17,18). The van der Waals surface area contributed by atoms with Gasteiger partial charge in [0.1, 0.15) is 11.8 Å². The van der Waals surface area contributed by atoms with Crippen LogP contribution >= 0.6 is 11.8 Å². The number of aromatic amines is 1. The van der Waals surface area contributed by atoms with Crippen LogP contribution in [0.25, 0.3) is 11.0 Å². The normalized spacial score (nSPS) is 12.2. The van der Waals surface area contributed by atoms with Gasteiger partial charge in [-0.15, -0.1) is 0 Å². The molecule has 1 aromatic carbocycles. The molecule has 0 spiro atoms. The van der Waals surface area contributed by atoms with E-state index in [2.05, 4.69) is 21.4 Å². The number of nitrogens with one attached hydrogen (secondary N) is 2. The third-order valence-corrected chi connectivity index (χ3v) is 3.70. The molecule has 6 heteroatoms. The Hall–Kier alpha value is -1.71. The first-order chi connectivity index (χ1) is 9.76. The highest BCUT2D eigenvalue weighted by Gasteiger charge is 2.09. The molecule has 0 aliphatic heterocycles. The van der Waals surface area contributed by atoms with Crippen molar-refractivity contribution in [1.82, 2.24) is 15.3 Å². The minimum Gasteiger partial charge on any atom is -0.494 e. The molecule has 0 amide bonds. The zero-order valence-corrected chi connectivity index (χ0v) is 12.5. The maximum Gasteiger partial charge on any atom is 0.166 e. The quantitative estimate of drug-likeness (QED) is 0.767. The van der Waals surface area contributed by atoms with E-state index in [0.29, 0.717) is 12.4 Å². The van der Waals surface area contributed by atoms with E-state index in [-0.39, 0.29) is 6.04 Å². The second kappa shape index (κ2) is 7.17. The van der Waals surface area contributed by atoms with Crippen molar-refractivity contribution in [1.29, 1.82) is 5.26 Å². The average molecular weight is 290 g/mol. The number of H-pyrrole nitrogens is 1. The first kappa shape index (κ1) is 14.7. The molecule has 0 aliphatic rings. The summed E-state index contributed by atoms with van der Waals surface area (Å²) in [5, 5.41) is 12.9. The van der Waals surface area contributed by atoms with Gasteiger partial charge in [0.15, 0.2) is 5.16 Å². The lowest BCUT2D eigenvalue weighted by atomic mass is 10.3. The summed E-state index contributed by atoms with van der Waals surface area (Å²) < 4.78 is 5.46. The molecule has 0 radical (unpaired) electrons. The van der Waals surface area contributed by atoms with Crippen molar-refractivity contribution in [3.05, 3.63) is 18.2 Å². The Morgan fingerprint density at radius 3 is 3.05 bits per heavy atom. The number of rotatable bonds is 7. The van der Waals surface area contributed by atoms with Gasteiger partial charge < -0.3 is 15.0 Å². The second-order valence-electron chi connectivity index (χ2n) is 4.20. The van der Waals surface area contributed by atoms with Crippen molar-refractivity contribution < 1.29 is 4.74 Å². The van der Waals surface area contributed by atoms with Gasteiger partial charge in [0.25, 0.3) is 0 Å². The maximum atomic E-state index is 9.00. The van der Waals surface area contributed by atoms with E-state index in [0.717, 1.165) is 28.5 Å². The van der Waals surface area contributed by atoms with Crippen molar-refractivity contribution in [2.45, 2.75) is 25.0 Å². The van der Waals surface area contributed by atoms with Gasteiger partial charge in [0.2, 0.25) is 0 Å². The molecule has 20 heavy (non-hydrogen) atoms. The number of hydrogen-bond acceptors (Lipinski definition) is 5. The second-order valence-corrected chi connectivity index (χ2v) is 5.21. The van der Waals surface area contributed by atoms with E-state index >= 15 is 0 Å². The molecule has 5 nitrogen and oxygen atoms in total. The molecule has 1 heterocycles. The average Bonchev–Trinajstić information content (AvgIpc) is 2.86. The number of ether oxygens (including phenoxy) is 1. The lowest BCUT2D eigenvalue weighted by Crippen LogP contribution is -2.29. The van der Waals surface area contributed by atoms with Crippen LogP contribution < -0.4 is 10.1 Å². The zero-order valence-electron chi connectivity index (χ0n) is 11.6. The molecule has 1 atom stereocenters. The Balaban J connectivity index is 2.06. The van der Waals surface area contributed by atoms with Gasteiger partial charge in [0.05, 0.1) is 23.7 Å². The highest BCUT2D eigenvalue weighted by molar-refractivity contribution is 7.99. The van der Waals surface area contributed by atoms with Gasteiger partial charge >= 0.3 is 0 Å². The summed E-state index contributed by atoms with van der Waals surface area (Å²) in [6, 6.07) is 7.88. The monoisotopic (exact) mass is 290 g/mol. The Morgan fingerprint density at radius 1 is 1.50 bits per heavy atom. The predicted octanol–water partition coefficient (Wildman–Crippen LogP) is 2.56. The Morgan fingerprint density at radius 2 is 2.35 bits per heavy atom. The van der Waals surface area contributed by atoms with Crippen LogP contribution in [0.4, 0.5) is 0 Å². The number of thioether (sulfide) groups is 1. The van der Waals surface area contributed by atoms with Crippen molar-refractivity contribution in [3.63, 3.8) is 0 Å². The van der Waals surface area contributed by atoms with Crippen LogP contribution in [0.15, 0.2) is 23.4 Å². The SMILES string of the molecule is CCNC(C#N)CSc1nc2ccc(OCC)cc2[nH]1. The molecule has 106 valence electrons. The summed E-state index contributed by atoms with van der Waals surface area (Å²) in [6.07, 6.45) is 0. The van der Waals surface area contributed by atoms with Crippen LogP contribution in [0.5, 0.6) is 5.75 Å². The maximum absolute atomic E-state index is 9.00. The minimum atomic E-state index is -0.155. The highest BCUT2D eigenvalue weighted by atomic mass is 32.2. The number of hydrogen-bond donors (Lipinski definition) is 2. The molecule has 1 aromatic heterocycles. The first-order valence-electron chi connectivity index (χ1n) is 6.65. The molecular formula is C14H18N4OS. The topological polar surface area (TPSA) is 73.7 Å². The van der Waals surface area contributed by atoms with Gasteiger partial charge in [-0.3, -0.25) is 0 Å². The fourth-order valence-corrected chi connectivity index (χ4v) is 2.70. The summed E-state index contributed by atoms with van der Waals surface area (Å²) >= 11 is 1.55. The van der Waals surface area contributed by atoms with Crippen molar-refractivity contribution >= 4 is 22.8 Å². The number of nitrogens with zero attached hydrogens (tertiary/aromatic N) is 2. The number of fused-ring (bicyclic) bond motifs is 1. The number of benzene rings is 1. The van der Waals surface area contributed by atoms with E-state index < -0.39 is 0 Å². The molecule has 2 rings (SSSR count). The summed E-state index contributed by atoms with van der Waals surface area (Å²) in [6.45, 7) is 5.39. The third kappa shape index (κ3) is 3.65. The molecule has 0 saturated carbocycles. The number of aromatic nitrogens is 2. The summed E-state index contributed by atoms with van der Waals surface area (Å²) in [5.41, 5.74) is 1.86. The Labute approximate surface area is 122 Å². The van der Waals surface area contributed by atoms with Crippen molar-refractivity contribution in [2.24, 2.45) is 0 Å². The largest absolute Gasteiger partial charge is 0.494 e. The van der Waals surface area contributed by atoms with E-state index in [4.69, 9.17) is 10.00 Å². The fourth-order valence-electron chi connectivity index (χ4n) is 1.84. The molecular weight excluding hydrogens is 272 g/mol. The molecule has 1 unspecified atom stereocenters. The molecule has 2 N–H and O–H groups in total. The highest BCUT2D eigenvalue weighted by Crippen LogP contribution is 2.23. The summed E-state index contributed by atoms with van der Waals surface area (Å²) in [5.74, 6) is 1.51. The molecule has 0 fully saturated rings. The molecule has 0 aliphatic carbocycles. The van der Waals surface area contributed by atoms with Gasteiger partial charge in [-0.25, -0.2) is 4.98 Å². The molecule has 0 saturated heterocycles. The first-order valence-corrected chi connectivity index (χ1v) is 7.63. The van der Waals surface area contributed by atoms with Gasteiger partial charge in [-0.2, -0.15) is 5.26 Å². The van der Waals surface area contributed by atoms with E-state index in [9.17, 15) is 0 Å². The van der Waals surface area contributed by atoms with Gasteiger partial charge in [-0.1, -0.05) is 18.7 Å². The summed E-state index contributed by atoms with van der Waals surface area (Å²) in [4.78, 5) is 7.75. The number of nitriles is 1. The molecule has 2 aromatic rings. The smallest absolute Gasteiger partial charge is 0.166 e. The van der Waals surface area contributed by atoms with Crippen LogP contribution in [0.2, 0.25) is 0 Å². The minimum absolute atomic E-state index is 0.155. The van der Waals surface area contributed by atoms with Crippen molar-refractivity contribution in [2.75, 3.05) is 18.9 Å². The molecule has 0 bridgehead atoms. The van der Waals surface area contributed by atoms with E-state index in [1.807, 2.05) is 32.0 Å². The third-order valence-electron chi connectivity index (χ3n) is 2.74. The van der Waals surface area contributed by atoms with Crippen molar-refractivity contribution in [3.8, 4) is 11.8 Å². The van der Waals surface area contributed by atoms with Crippen LogP contribution in [-0.2, 0) is 0 Å². The van der Waals surface area contributed by atoms with Crippen LogP contribution in [0, 0.1) is 11.3 Å². The predicted molar refractivity (Wildman–Crippen MR) is 81.1 cm³/mol. The Kier molecular flexibility index (Phi) is 5.27. The Bertz CT molecular complexity index is 605. The lowest BCUT2D eigenvalue weighted by molar-refractivity contribution is 0.340. The van der Waals surface area contributed by atoms with Crippen LogP contribution in [-0.4, -0.2) is 34.9 Å². The fraction of sp³-hybridized carbons (Fsp3) is 0.429. The summed E-state index contributed by atoms with van der Waals surface area (Å²) in [7, 11) is 0. The zero-order chi connectivity index (χ0) is 14.4. The van der Waals surface area contributed by atoms with Gasteiger partial charge in [0, 0.05) is 11.8 Å². The number of imidazole rings is 1. The van der Waals surface area contributed by atoms with E-state index in [1.54, 1.807) is 11.8 Å².